The van der Waals surface area contributed by atoms with Crippen molar-refractivity contribution in [1.82, 2.24) is 10.2 Å². The first kappa shape index (κ1) is 21.8. The van der Waals surface area contributed by atoms with Crippen LogP contribution in [0.25, 0.3) is 11.5 Å². The number of aromatic nitrogens is 2. The Morgan fingerprint density at radius 1 is 0.853 bits per heavy atom. The summed E-state index contributed by atoms with van der Waals surface area (Å²) in [6, 6.07) is 20.7. The molecule has 1 aliphatic rings. The van der Waals surface area contributed by atoms with Gasteiger partial charge in [0.2, 0.25) is 11.8 Å². The Balaban J connectivity index is 1.24. The van der Waals surface area contributed by atoms with E-state index in [1.807, 2.05) is 37.3 Å². The highest BCUT2D eigenvalue weighted by Gasteiger charge is 2.20. The molecular formula is C24H22N4O5S. The minimum atomic E-state index is -3.79. The number of ether oxygens (including phenoxy) is 2. The molecule has 1 atom stereocenters. The second-order valence-electron chi connectivity index (χ2n) is 7.67. The van der Waals surface area contributed by atoms with Gasteiger partial charge in [-0.1, -0.05) is 18.2 Å². The number of hydrogen-bond acceptors (Lipinski definition) is 8. The van der Waals surface area contributed by atoms with Crippen LogP contribution in [-0.2, 0) is 10.0 Å². The Morgan fingerprint density at radius 2 is 1.56 bits per heavy atom. The maximum atomic E-state index is 12.8. The van der Waals surface area contributed by atoms with Crippen LogP contribution >= 0.6 is 0 Å². The molecule has 0 saturated carbocycles. The molecule has 0 spiro atoms. The van der Waals surface area contributed by atoms with Crippen molar-refractivity contribution < 1.29 is 22.3 Å². The third kappa shape index (κ3) is 4.67. The summed E-state index contributed by atoms with van der Waals surface area (Å²) in [5.74, 6) is 1.85. The fraction of sp³-hybridized carbons (Fsp3) is 0.167. The Kier molecular flexibility index (Phi) is 5.81. The largest absolute Gasteiger partial charge is 0.486 e. The monoisotopic (exact) mass is 478 g/mol. The molecule has 9 nitrogen and oxygen atoms in total. The van der Waals surface area contributed by atoms with Gasteiger partial charge in [0.05, 0.1) is 4.90 Å². The first-order valence-electron chi connectivity index (χ1n) is 10.7. The fourth-order valence-electron chi connectivity index (χ4n) is 3.46. The predicted molar refractivity (Wildman–Crippen MR) is 126 cm³/mol. The van der Waals surface area contributed by atoms with Crippen LogP contribution in [0.4, 0.5) is 11.4 Å². The predicted octanol–water partition coefficient (Wildman–Crippen LogP) is 4.48. The van der Waals surface area contributed by atoms with Crippen molar-refractivity contribution >= 4 is 21.4 Å². The molecule has 5 rings (SSSR count). The molecule has 0 saturated heterocycles. The van der Waals surface area contributed by atoms with Crippen LogP contribution in [0.5, 0.6) is 11.5 Å². The zero-order valence-corrected chi connectivity index (χ0v) is 19.1. The molecule has 0 aliphatic carbocycles. The van der Waals surface area contributed by atoms with Crippen molar-refractivity contribution in [3.63, 3.8) is 0 Å². The summed E-state index contributed by atoms with van der Waals surface area (Å²) in [6.45, 7) is 2.73. The molecular weight excluding hydrogens is 456 g/mol. The molecule has 10 heteroatoms. The van der Waals surface area contributed by atoms with Gasteiger partial charge in [-0.3, -0.25) is 4.72 Å². The Labute approximate surface area is 196 Å². The van der Waals surface area contributed by atoms with Crippen molar-refractivity contribution in [2.75, 3.05) is 23.3 Å². The lowest BCUT2D eigenvalue weighted by Gasteiger charge is -2.19. The van der Waals surface area contributed by atoms with Crippen molar-refractivity contribution in [1.29, 1.82) is 0 Å². The van der Waals surface area contributed by atoms with Gasteiger partial charge in [-0.15, -0.1) is 10.2 Å². The lowest BCUT2D eigenvalue weighted by Crippen LogP contribution is -2.17. The van der Waals surface area contributed by atoms with Gasteiger partial charge < -0.3 is 19.2 Å². The second-order valence-corrected chi connectivity index (χ2v) is 9.35. The topological polar surface area (TPSA) is 116 Å². The van der Waals surface area contributed by atoms with Crippen molar-refractivity contribution in [2.24, 2.45) is 0 Å². The summed E-state index contributed by atoms with van der Waals surface area (Å²) >= 11 is 0. The van der Waals surface area contributed by atoms with Gasteiger partial charge in [0.25, 0.3) is 10.0 Å². The first-order chi connectivity index (χ1) is 16.5. The molecule has 1 aliphatic heterocycles. The fourth-order valence-corrected chi connectivity index (χ4v) is 4.53. The van der Waals surface area contributed by atoms with Gasteiger partial charge in [-0.25, -0.2) is 8.42 Å². The normalized spacial score (nSPS) is 13.8. The smallest absolute Gasteiger partial charge is 0.262 e. The van der Waals surface area contributed by atoms with E-state index in [1.165, 1.54) is 12.1 Å². The zero-order valence-electron chi connectivity index (χ0n) is 18.3. The highest BCUT2D eigenvalue weighted by Crippen LogP contribution is 2.33. The van der Waals surface area contributed by atoms with Crippen LogP contribution in [0.1, 0.15) is 18.9 Å². The maximum Gasteiger partial charge on any atom is 0.262 e. The first-order valence-corrected chi connectivity index (χ1v) is 12.1. The molecule has 2 N–H and O–H groups in total. The molecule has 1 aromatic heterocycles. The van der Waals surface area contributed by atoms with Gasteiger partial charge in [0, 0.05) is 23.0 Å². The van der Waals surface area contributed by atoms with Gasteiger partial charge in [-0.05, 0) is 55.5 Å². The van der Waals surface area contributed by atoms with Crippen molar-refractivity contribution in [2.45, 2.75) is 17.9 Å². The second kappa shape index (κ2) is 9.06. The molecule has 1 unspecified atom stereocenters. The molecule has 0 radical (unpaired) electrons. The lowest BCUT2D eigenvalue weighted by molar-refractivity contribution is 0.171. The zero-order chi connectivity index (χ0) is 23.5. The highest BCUT2D eigenvalue weighted by molar-refractivity contribution is 7.92. The molecule has 4 aromatic rings. The van der Waals surface area contributed by atoms with Gasteiger partial charge in [0.1, 0.15) is 19.3 Å². The van der Waals surface area contributed by atoms with E-state index in [-0.39, 0.29) is 10.9 Å². The van der Waals surface area contributed by atoms with E-state index < -0.39 is 10.0 Å². The number of benzene rings is 3. The van der Waals surface area contributed by atoms with E-state index in [2.05, 4.69) is 20.2 Å². The summed E-state index contributed by atoms with van der Waals surface area (Å²) in [5, 5.41) is 11.5. The van der Waals surface area contributed by atoms with Crippen LogP contribution < -0.4 is 19.5 Å². The number of fused-ring (bicyclic) bond motifs is 1. The average molecular weight is 479 g/mol. The minimum absolute atomic E-state index is 0.0955. The highest BCUT2D eigenvalue weighted by atomic mass is 32.2. The molecule has 0 fully saturated rings. The summed E-state index contributed by atoms with van der Waals surface area (Å²) in [4.78, 5) is 0.0955. The number of sulfonamides is 1. The number of rotatable bonds is 7. The van der Waals surface area contributed by atoms with Crippen LogP contribution in [0.2, 0.25) is 0 Å². The number of hydrogen-bond donors (Lipinski definition) is 2. The summed E-state index contributed by atoms with van der Waals surface area (Å²) in [7, 11) is -3.79. The number of nitrogens with zero attached hydrogens (tertiary/aromatic N) is 2. The molecule has 0 bridgehead atoms. The number of anilines is 2. The summed E-state index contributed by atoms with van der Waals surface area (Å²) in [6.07, 6.45) is 0. The molecule has 3 aromatic carbocycles. The SMILES string of the molecule is CC(Nc1ccc(NS(=O)(=O)c2ccc3c(c2)OCCO3)cc1)c1nnc(-c2ccccc2)o1. The Bertz CT molecular complexity index is 1390. The molecule has 0 amide bonds. The lowest BCUT2D eigenvalue weighted by atomic mass is 10.2. The van der Waals surface area contributed by atoms with E-state index in [4.69, 9.17) is 13.9 Å². The summed E-state index contributed by atoms with van der Waals surface area (Å²) in [5.41, 5.74) is 2.05. The van der Waals surface area contributed by atoms with Gasteiger partial charge in [-0.2, -0.15) is 0 Å². The van der Waals surface area contributed by atoms with Crippen LogP contribution in [0.15, 0.2) is 82.1 Å². The third-order valence-electron chi connectivity index (χ3n) is 5.18. The van der Waals surface area contributed by atoms with Gasteiger partial charge in [0.15, 0.2) is 11.5 Å². The van der Waals surface area contributed by atoms with Crippen molar-refractivity contribution in [3.05, 3.63) is 78.7 Å². The maximum absolute atomic E-state index is 12.8. The van der Waals surface area contributed by atoms with Crippen LogP contribution in [-0.4, -0.2) is 31.8 Å². The quantitative estimate of drug-likeness (QED) is 0.399. The van der Waals surface area contributed by atoms with E-state index >= 15 is 0 Å². The Morgan fingerprint density at radius 3 is 2.32 bits per heavy atom. The van der Waals surface area contributed by atoms with Crippen LogP contribution in [0.3, 0.4) is 0 Å². The average Bonchev–Trinajstić information content (AvgIpc) is 3.36. The van der Waals surface area contributed by atoms with E-state index in [9.17, 15) is 8.42 Å². The molecule has 2 heterocycles. The summed E-state index contributed by atoms with van der Waals surface area (Å²) < 4.78 is 44.9. The van der Waals surface area contributed by atoms with E-state index in [0.717, 1.165) is 11.3 Å². The number of nitrogens with one attached hydrogen (secondary N) is 2. The van der Waals surface area contributed by atoms with Crippen LogP contribution in [0, 0.1) is 0 Å². The molecule has 34 heavy (non-hydrogen) atoms. The van der Waals surface area contributed by atoms with Gasteiger partial charge >= 0.3 is 0 Å². The van der Waals surface area contributed by atoms with Crippen molar-refractivity contribution in [3.8, 4) is 23.0 Å². The molecule has 174 valence electrons. The minimum Gasteiger partial charge on any atom is -0.486 e. The van der Waals surface area contributed by atoms with E-state index in [0.29, 0.717) is 42.2 Å². The standard InChI is InChI=1S/C24H22N4O5S/c1-16(23-26-27-24(33-23)17-5-3-2-4-6-17)25-18-7-9-19(10-8-18)28-34(29,30)20-11-12-21-22(15-20)32-14-13-31-21/h2-12,15-16,25,28H,13-14H2,1H3. The third-order valence-corrected chi connectivity index (χ3v) is 6.55. The van der Waals surface area contributed by atoms with E-state index in [1.54, 1.807) is 30.3 Å². The Hall–Kier alpha value is -4.05.